The summed E-state index contributed by atoms with van der Waals surface area (Å²) in [7, 11) is -2.32. The third-order valence-electron chi connectivity index (χ3n) is 3.24. The summed E-state index contributed by atoms with van der Waals surface area (Å²) in [5, 5.41) is 12.4. The van der Waals surface area contributed by atoms with Crippen molar-refractivity contribution in [3.63, 3.8) is 0 Å². The van der Waals surface area contributed by atoms with E-state index in [4.69, 9.17) is 0 Å². The van der Waals surface area contributed by atoms with E-state index in [9.17, 15) is 13.5 Å². The molecule has 0 spiro atoms. The summed E-state index contributed by atoms with van der Waals surface area (Å²) in [5.74, 6) is 0.320. The Balaban J connectivity index is 3.33. The van der Waals surface area contributed by atoms with Gasteiger partial charge >= 0.3 is 0 Å². The number of hydrogen-bond donors (Lipinski definition) is 2. The molecule has 0 aliphatic carbocycles. The lowest BCUT2D eigenvalue weighted by Gasteiger charge is -2.33. The first-order valence-electron chi connectivity index (χ1n) is 6.66. The molecule has 120 valence electrons. The molecule has 0 fully saturated rings. The molecule has 21 heavy (non-hydrogen) atoms. The van der Waals surface area contributed by atoms with E-state index in [0.29, 0.717) is 16.8 Å². The first-order valence-corrected chi connectivity index (χ1v) is 8.89. The van der Waals surface area contributed by atoms with Gasteiger partial charge in [0.25, 0.3) is 0 Å². The van der Waals surface area contributed by atoms with Gasteiger partial charge in [-0.3, -0.25) is 0 Å². The first-order chi connectivity index (χ1) is 9.66. The quantitative estimate of drug-likeness (QED) is 0.757. The molecule has 0 aromatic carbocycles. The number of sulfonamides is 1. The maximum atomic E-state index is 12.8. The fraction of sp³-hybridized carbons (Fsp3) is 0.615. The zero-order valence-corrected chi connectivity index (χ0v) is 15.1. The van der Waals surface area contributed by atoms with Crippen LogP contribution in [0.5, 0.6) is 0 Å². The summed E-state index contributed by atoms with van der Waals surface area (Å²) in [6, 6.07) is 1.52. The number of nitrogens with zero attached hydrogens (tertiary/aromatic N) is 2. The topological polar surface area (TPSA) is 82.5 Å². The first kappa shape index (κ1) is 18.3. The van der Waals surface area contributed by atoms with Gasteiger partial charge in [-0.05, 0) is 42.3 Å². The number of aliphatic hydroxyl groups is 1. The highest BCUT2D eigenvalue weighted by molar-refractivity contribution is 9.10. The van der Waals surface area contributed by atoms with E-state index in [1.807, 2.05) is 6.92 Å². The lowest BCUT2D eigenvalue weighted by Crippen LogP contribution is -2.47. The zero-order valence-electron chi connectivity index (χ0n) is 12.7. The molecule has 0 aliphatic heterocycles. The predicted octanol–water partition coefficient (Wildman–Crippen LogP) is 2.06. The van der Waals surface area contributed by atoms with Crippen LogP contribution in [0.4, 0.5) is 5.82 Å². The van der Waals surface area contributed by atoms with Crippen LogP contribution in [0.3, 0.4) is 0 Å². The second kappa shape index (κ2) is 7.04. The van der Waals surface area contributed by atoms with E-state index in [1.165, 1.54) is 17.4 Å². The van der Waals surface area contributed by atoms with Gasteiger partial charge in [0.2, 0.25) is 10.0 Å². The third-order valence-corrected chi connectivity index (χ3v) is 5.76. The van der Waals surface area contributed by atoms with E-state index in [1.54, 1.807) is 20.0 Å². The summed E-state index contributed by atoms with van der Waals surface area (Å²) < 4.78 is 27.3. The fourth-order valence-corrected chi connectivity index (χ4v) is 3.70. The number of halogens is 1. The Hall–Kier alpha value is -0.700. The largest absolute Gasteiger partial charge is 0.394 e. The van der Waals surface area contributed by atoms with Crippen LogP contribution in [0.1, 0.15) is 27.2 Å². The third kappa shape index (κ3) is 4.15. The molecule has 0 saturated heterocycles. The molecular weight excluding hydrogens is 358 g/mol. The second-order valence-corrected chi connectivity index (χ2v) is 8.22. The van der Waals surface area contributed by atoms with Crippen LogP contribution in [0.2, 0.25) is 0 Å². The van der Waals surface area contributed by atoms with Gasteiger partial charge in [-0.25, -0.2) is 13.4 Å². The highest BCUT2D eigenvalue weighted by Crippen LogP contribution is 2.29. The van der Waals surface area contributed by atoms with Crippen molar-refractivity contribution in [1.82, 2.24) is 9.29 Å². The number of aliphatic hydroxyl groups excluding tert-OH is 1. The van der Waals surface area contributed by atoms with Gasteiger partial charge in [0.05, 0.1) is 12.1 Å². The SMILES string of the molecule is CCCNc1ncc(Br)cc1S(=O)(=O)N(C)C(C)(C)CO. The van der Waals surface area contributed by atoms with Crippen LogP contribution in [0.25, 0.3) is 0 Å². The number of likely N-dealkylation sites (N-methyl/N-ethyl adjacent to an activating group) is 1. The van der Waals surface area contributed by atoms with Crippen LogP contribution in [-0.2, 0) is 10.0 Å². The second-order valence-electron chi connectivity index (χ2n) is 5.37. The lowest BCUT2D eigenvalue weighted by atomic mass is 10.1. The summed E-state index contributed by atoms with van der Waals surface area (Å²) in [4.78, 5) is 4.24. The van der Waals surface area contributed by atoms with Gasteiger partial charge in [-0.1, -0.05) is 6.92 Å². The zero-order chi connectivity index (χ0) is 16.3. The highest BCUT2D eigenvalue weighted by Gasteiger charge is 2.35. The van der Waals surface area contributed by atoms with Crippen LogP contribution in [0.15, 0.2) is 21.6 Å². The standard InChI is InChI=1S/C13H22BrN3O3S/c1-5-6-15-12-11(7-10(14)8-16-12)21(19,20)17(4)13(2,3)9-18/h7-8,18H,5-6,9H2,1-4H3,(H,15,16). The van der Waals surface area contributed by atoms with E-state index in [0.717, 1.165) is 6.42 Å². The number of aromatic nitrogens is 1. The molecule has 0 saturated carbocycles. The van der Waals surface area contributed by atoms with Gasteiger partial charge in [-0.15, -0.1) is 0 Å². The Kier molecular flexibility index (Phi) is 6.15. The van der Waals surface area contributed by atoms with Crippen LogP contribution < -0.4 is 5.32 Å². The molecule has 1 heterocycles. The molecule has 0 aliphatic rings. The van der Waals surface area contributed by atoms with Crippen molar-refractivity contribution in [3.8, 4) is 0 Å². The maximum absolute atomic E-state index is 12.8. The number of rotatable bonds is 7. The Morgan fingerprint density at radius 2 is 2.10 bits per heavy atom. The minimum Gasteiger partial charge on any atom is -0.394 e. The fourth-order valence-electron chi connectivity index (χ4n) is 1.57. The summed E-state index contributed by atoms with van der Waals surface area (Å²) >= 11 is 3.25. The summed E-state index contributed by atoms with van der Waals surface area (Å²) in [5.41, 5.74) is -0.900. The van der Waals surface area contributed by atoms with Crippen molar-refractivity contribution in [2.24, 2.45) is 0 Å². The van der Waals surface area contributed by atoms with Crippen LogP contribution >= 0.6 is 15.9 Å². The van der Waals surface area contributed by atoms with E-state index < -0.39 is 15.6 Å². The average Bonchev–Trinajstić information content (AvgIpc) is 2.45. The molecule has 1 rings (SSSR count). The van der Waals surface area contributed by atoms with E-state index in [2.05, 4.69) is 26.2 Å². The minimum absolute atomic E-state index is 0.0920. The molecule has 0 radical (unpaired) electrons. The number of nitrogens with one attached hydrogen (secondary N) is 1. The molecule has 0 atom stereocenters. The van der Waals surface area contributed by atoms with Crippen molar-refractivity contribution < 1.29 is 13.5 Å². The van der Waals surface area contributed by atoms with Gasteiger partial charge in [0.1, 0.15) is 10.7 Å². The number of pyridine rings is 1. The molecule has 8 heteroatoms. The molecule has 2 N–H and O–H groups in total. The van der Waals surface area contributed by atoms with Crippen molar-refractivity contribution in [3.05, 3.63) is 16.7 Å². The van der Waals surface area contributed by atoms with Gasteiger partial charge in [0.15, 0.2) is 0 Å². The highest BCUT2D eigenvalue weighted by atomic mass is 79.9. The Morgan fingerprint density at radius 3 is 2.62 bits per heavy atom. The Bertz CT molecular complexity index is 590. The van der Waals surface area contributed by atoms with Crippen molar-refractivity contribution in [2.45, 2.75) is 37.6 Å². The van der Waals surface area contributed by atoms with E-state index >= 15 is 0 Å². The monoisotopic (exact) mass is 379 g/mol. The molecule has 0 bridgehead atoms. The normalized spacial score (nSPS) is 12.7. The smallest absolute Gasteiger partial charge is 0.247 e. The van der Waals surface area contributed by atoms with Gasteiger partial charge in [0, 0.05) is 24.3 Å². The average molecular weight is 380 g/mol. The van der Waals surface area contributed by atoms with Crippen LogP contribution in [-0.4, -0.2) is 48.6 Å². The number of anilines is 1. The molecule has 0 amide bonds. The Labute approximate surface area is 134 Å². The van der Waals surface area contributed by atoms with Crippen molar-refractivity contribution in [1.29, 1.82) is 0 Å². The molecule has 1 aromatic heterocycles. The molecule has 0 unspecified atom stereocenters. The molecule has 1 aromatic rings. The van der Waals surface area contributed by atoms with Crippen LogP contribution in [0, 0.1) is 0 Å². The Morgan fingerprint density at radius 1 is 1.48 bits per heavy atom. The number of hydrogen-bond acceptors (Lipinski definition) is 5. The van der Waals surface area contributed by atoms with E-state index in [-0.39, 0.29) is 11.5 Å². The lowest BCUT2D eigenvalue weighted by molar-refractivity contribution is 0.138. The summed E-state index contributed by atoms with van der Waals surface area (Å²) in [6.45, 7) is 5.66. The molecule has 6 nitrogen and oxygen atoms in total. The molecular formula is C13H22BrN3O3S. The predicted molar refractivity (Wildman–Crippen MR) is 86.8 cm³/mol. The summed E-state index contributed by atoms with van der Waals surface area (Å²) in [6.07, 6.45) is 2.41. The minimum atomic E-state index is -3.77. The van der Waals surface area contributed by atoms with Gasteiger partial charge < -0.3 is 10.4 Å². The van der Waals surface area contributed by atoms with Crippen molar-refractivity contribution in [2.75, 3.05) is 25.5 Å². The van der Waals surface area contributed by atoms with Gasteiger partial charge in [-0.2, -0.15) is 4.31 Å². The van der Waals surface area contributed by atoms with Crippen molar-refractivity contribution >= 4 is 31.8 Å². The maximum Gasteiger partial charge on any atom is 0.247 e.